The molecule has 5 heteroatoms. The molecule has 0 amide bonds. The van der Waals surface area contributed by atoms with E-state index in [1.54, 1.807) is 0 Å². The van der Waals surface area contributed by atoms with E-state index in [1.165, 1.54) is 9.13 Å². The molecule has 1 aromatic carbocycles. The minimum Gasteiger partial charge on any atom is -0.308 e. The Morgan fingerprint density at radius 2 is 2.28 bits per heavy atom. The van der Waals surface area contributed by atoms with Crippen molar-refractivity contribution in [2.45, 2.75) is 25.9 Å². The topological polar surface area (TPSA) is 42.7 Å². The number of nitrogens with zero attached hydrogens (tertiary/aromatic N) is 3. The summed E-state index contributed by atoms with van der Waals surface area (Å²) in [6.07, 6.45) is 2.90. The lowest BCUT2D eigenvalue weighted by Gasteiger charge is -2.17. The van der Waals surface area contributed by atoms with Crippen LogP contribution in [0.15, 0.2) is 30.5 Å². The maximum atomic E-state index is 4.15. The Morgan fingerprint density at radius 1 is 1.44 bits per heavy atom. The van der Waals surface area contributed by atoms with Crippen molar-refractivity contribution in [2.75, 3.05) is 7.05 Å². The minimum atomic E-state index is 0.140. The maximum Gasteiger partial charge on any atom is 0.0801 e. The lowest BCUT2D eigenvalue weighted by Crippen LogP contribution is -2.21. The second-order valence-electron chi connectivity index (χ2n) is 4.16. The number of halogens is 1. The van der Waals surface area contributed by atoms with Gasteiger partial charge in [0, 0.05) is 10.1 Å². The van der Waals surface area contributed by atoms with Crippen LogP contribution in [0, 0.1) is 3.57 Å². The van der Waals surface area contributed by atoms with Gasteiger partial charge in [0.1, 0.15) is 0 Å². The molecule has 1 aromatic heterocycles. The van der Waals surface area contributed by atoms with Crippen molar-refractivity contribution in [2.24, 2.45) is 0 Å². The highest BCUT2D eigenvalue weighted by Gasteiger charge is 2.17. The Balaban J connectivity index is 2.36. The third-order valence-corrected chi connectivity index (χ3v) is 3.52. The second-order valence-corrected chi connectivity index (χ2v) is 5.40. The third kappa shape index (κ3) is 2.89. The molecule has 0 saturated carbocycles. The maximum absolute atomic E-state index is 4.15. The van der Waals surface area contributed by atoms with Gasteiger partial charge >= 0.3 is 0 Å². The van der Waals surface area contributed by atoms with E-state index >= 15 is 0 Å². The summed E-state index contributed by atoms with van der Waals surface area (Å²) in [5.74, 6) is 0. The lowest BCUT2D eigenvalue weighted by molar-refractivity contribution is 0.523. The van der Waals surface area contributed by atoms with E-state index in [9.17, 15) is 0 Å². The van der Waals surface area contributed by atoms with Crippen molar-refractivity contribution in [3.63, 3.8) is 0 Å². The normalized spacial score (nSPS) is 12.6. The van der Waals surface area contributed by atoms with Crippen molar-refractivity contribution in [1.82, 2.24) is 20.3 Å². The predicted octanol–water partition coefficient (Wildman–Crippen LogP) is 2.60. The first-order valence-electron chi connectivity index (χ1n) is 6.07. The molecule has 1 unspecified atom stereocenters. The highest BCUT2D eigenvalue weighted by atomic mass is 127. The van der Waals surface area contributed by atoms with E-state index in [4.69, 9.17) is 0 Å². The minimum absolute atomic E-state index is 0.140. The Labute approximate surface area is 121 Å². The molecule has 2 rings (SSSR count). The molecule has 0 bridgehead atoms. The molecule has 0 aliphatic carbocycles. The zero-order chi connectivity index (χ0) is 13.0. The van der Waals surface area contributed by atoms with Gasteiger partial charge in [0.15, 0.2) is 0 Å². The summed E-state index contributed by atoms with van der Waals surface area (Å²) in [6.45, 7) is 3.04. The van der Waals surface area contributed by atoms with Crippen LogP contribution in [0.1, 0.15) is 30.6 Å². The van der Waals surface area contributed by atoms with Crippen LogP contribution in [-0.4, -0.2) is 22.0 Å². The SMILES string of the molecule is CCCn1nncc1C(NC)c1cccc(I)c1. The van der Waals surface area contributed by atoms with Gasteiger partial charge in [-0.3, -0.25) is 0 Å². The van der Waals surface area contributed by atoms with Crippen LogP contribution in [0.2, 0.25) is 0 Å². The molecule has 0 saturated heterocycles. The number of aromatic nitrogens is 3. The molecule has 0 spiro atoms. The van der Waals surface area contributed by atoms with E-state index < -0.39 is 0 Å². The fraction of sp³-hybridized carbons (Fsp3) is 0.385. The Morgan fingerprint density at radius 3 is 2.94 bits per heavy atom. The van der Waals surface area contributed by atoms with Crippen molar-refractivity contribution in [3.8, 4) is 0 Å². The number of nitrogens with one attached hydrogen (secondary N) is 1. The third-order valence-electron chi connectivity index (χ3n) is 2.85. The van der Waals surface area contributed by atoms with Gasteiger partial charge in [-0.25, -0.2) is 4.68 Å². The molecular weight excluding hydrogens is 339 g/mol. The molecule has 96 valence electrons. The highest BCUT2D eigenvalue weighted by molar-refractivity contribution is 14.1. The fourth-order valence-corrected chi connectivity index (χ4v) is 2.61. The van der Waals surface area contributed by atoms with E-state index in [2.05, 4.69) is 69.4 Å². The average Bonchev–Trinajstić information content (AvgIpc) is 2.79. The Bertz CT molecular complexity index is 509. The van der Waals surface area contributed by atoms with Crippen LogP contribution < -0.4 is 5.32 Å². The molecule has 1 atom stereocenters. The zero-order valence-electron chi connectivity index (χ0n) is 10.6. The predicted molar refractivity (Wildman–Crippen MR) is 80.4 cm³/mol. The van der Waals surface area contributed by atoms with Crippen LogP contribution in [-0.2, 0) is 6.54 Å². The van der Waals surface area contributed by atoms with Gasteiger partial charge in [-0.1, -0.05) is 24.3 Å². The number of hydrogen-bond acceptors (Lipinski definition) is 3. The number of hydrogen-bond donors (Lipinski definition) is 1. The fourth-order valence-electron chi connectivity index (χ4n) is 2.05. The van der Waals surface area contributed by atoms with Gasteiger partial charge in [0.25, 0.3) is 0 Å². The second kappa shape index (κ2) is 6.29. The zero-order valence-corrected chi connectivity index (χ0v) is 12.8. The largest absolute Gasteiger partial charge is 0.308 e. The molecule has 18 heavy (non-hydrogen) atoms. The van der Waals surface area contributed by atoms with Gasteiger partial charge in [0.05, 0.1) is 17.9 Å². The summed E-state index contributed by atoms with van der Waals surface area (Å²) in [7, 11) is 1.97. The lowest BCUT2D eigenvalue weighted by atomic mass is 10.0. The van der Waals surface area contributed by atoms with Crippen molar-refractivity contribution >= 4 is 22.6 Å². The summed E-state index contributed by atoms with van der Waals surface area (Å²) >= 11 is 2.33. The van der Waals surface area contributed by atoms with Gasteiger partial charge in [-0.15, -0.1) is 5.10 Å². The molecule has 1 N–H and O–H groups in total. The van der Waals surface area contributed by atoms with Crippen molar-refractivity contribution < 1.29 is 0 Å². The first-order valence-corrected chi connectivity index (χ1v) is 7.15. The molecule has 1 heterocycles. The summed E-state index contributed by atoms with van der Waals surface area (Å²) in [5, 5.41) is 11.5. The van der Waals surface area contributed by atoms with Crippen LogP contribution in [0.25, 0.3) is 0 Å². The monoisotopic (exact) mass is 356 g/mol. The molecule has 0 aliphatic rings. The summed E-state index contributed by atoms with van der Waals surface area (Å²) in [5.41, 5.74) is 2.35. The van der Waals surface area contributed by atoms with Gasteiger partial charge in [-0.2, -0.15) is 0 Å². The van der Waals surface area contributed by atoms with E-state index in [0.717, 1.165) is 18.7 Å². The van der Waals surface area contributed by atoms with Crippen molar-refractivity contribution in [3.05, 3.63) is 45.3 Å². The average molecular weight is 356 g/mol. The molecule has 0 radical (unpaired) electrons. The molecule has 0 fully saturated rings. The summed E-state index contributed by atoms with van der Waals surface area (Å²) in [6, 6.07) is 8.63. The van der Waals surface area contributed by atoms with E-state index in [0.29, 0.717) is 0 Å². The molecule has 4 nitrogen and oxygen atoms in total. The first kappa shape index (κ1) is 13.5. The van der Waals surface area contributed by atoms with Crippen LogP contribution in [0.5, 0.6) is 0 Å². The quantitative estimate of drug-likeness (QED) is 0.838. The Hall–Kier alpha value is -0.950. The van der Waals surface area contributed by atoms with Gasteiger partial charge in [-0.05, 0) is 53.8 Å². The van der Waals surface area contributed by atoms with Crippen LogP contribution in [0.4, 0.5) is 0 Å². The number of aryl methyl sites for hydroxylation is 1. The highest BCUT2D eigenvalue weighted by Crippen LogP contribution is 2.22. The summed E-state index contributed by atoms with van der Waals surface area (Å²) < 4.78 is 3.21. The Kier molecular flexibility index (Phi) is 4.71. The van der Waals surface area contributed by atoms with Gasteiger partial charge < -0.3 is 5.32 Å². The molecular formula is C13H17IN4. The van der Waals surface area contributed by atoms with Gasteiger partial charge in [0.2, 0.25) is 0 Å². The smallest absolute Gasteiger partial charge is 0.0801 e. The molecule has 2 aromatic rings. The van der Waals surface area contributed by atoms with Crippen LogP contribution >= 0.6 is 22.6 Å². The number of rotatable bonds is 5. The van der Waals surface area contributed by atoms with E-state index in [1.807, 2.05) is 17.9 Å². The standard InChI is InChI=1S/C13H17IN4/c1-3-7-18-12(9-16-17-18)13(15-2)10-5-4-6-11(14)8-10/h4-6,8-9,13,15H,3,7H2,1-2H3. The van der Waals surface area contributed by atoms with E-state index in [-0.39, 0.29) is 6.04 Å². The van der Waals surface area contributed by atoms with Crippen molar-refractivity contribution in [1.29, 1.82) is 0 Å². The number of benzene rings is 1. The summed E-state index contributed by atoms with van der Waals surface area (Å²) in [4.78, 5) is 0. The van der Waals surface area contributed by atoms with Crippen LogP contribution in [0.3, 0.4) is 0 Å². The first-order chi connectivity index (χ1) is 8.76. The molecule has 0 aliphatic heterocycles.